The van der Waals surface area contributed by atoms with Gasteiger partial charge in [-0.2, -0.15) is 13.2 Å². The van der Waals surface area contributed by atoms with Gasteiger partial charge in [-0.15, -0.1) is 0 Å². The average Bonchev–Trinajstić information content (AvgIpc) is 3.06. The molecule has 0 spiro atoms. The van der Waals surface area contributed by atoms with E-state index in [2.05, 4.69) is 15.3 Å². The molecule has 1 aliphatic heterocycles. The van der Waals surface area contributed by atoms with Crippen LogP contribution in [0, 0.1) is 6.92 Å². The van der Waals surface area contributed by atoms with Gasteiger partial charge in [-0.25, -0.2) is 4.98 Å². The van der Waals surface area contributed by atoms with Gasteiger partial charge in [0.05, 0.1) is 12.1 Å². The first-order valence-corrected chi connectivity index (χ1v) is 9.89. The van der Waals surface area contributed by atoms with Gasteiger partial charge in [0.2, 0.25) is 5.88 Å². The molecular weight excluding hydrogens is 429 g/mol. The predicted molar refractivity (Wildman–Crippen MR) is 107 cm³/mol. The molecule has 1 aliphatic rings. The lowest BCUT2D eigenvalue weighted by atomic mass is 10.1. The standard InChI is InChI=1S/C21H23F3N4O4/c1-11-6-14(8-27-19(11)32-10-21(22,23)24)13(3)28-9-16-15(20(28)31)4-5-25-17(16)18(30)26-7-12(2)29/h4-6,8,12-13,29H,7,9-10H2,1-3H3,(H,26,30)/t12-,13?/m0/s1. The maximum atomic E-state index is 13.0. The third-order valence-electron chi connectivity index (χ3n) is 5.02. The molecule has 0 bridgehead atoms. The maximum Gasteiger partial charge on any atom is 0.422 e. The van der Waals surface area contributed by atoms with Crippen molar-refractivity contribution < 1.29 is 32.6 Å². The van der Waals surface area contributed by atoms with E-state index in [-0.39, 0.29) is 30.6 Å². The first-order valence-electron chi connectivity index (χ1n) is 9.89. The Morgan fingerprint density at radius 1 is 1.34 bits per heavy atom. The molecule has 0 saturated heterocycles. The lowest BCUT2D eigenvalue weighted by Gasteiger charge is -2.25. The summed E-state index contributed by atoms with van der Waals surface area (Å²) < 4.78 is 41.9. The molecule has 3 heterocycles. The molecule has 172 valence electrons. The Morgan fingerprint density at radius 3 is 2.69 bits per heavy atom. The number of aryl methyl sites for hydroxylation is 1. The molecule has 0 aromatic carbocycles. The van der Waals surface area contributed by atoms with Crippen LogP contribution in [0.15, 0.2) is 24.5 Å². The number of ether oxygens (including phenoxy) is 1. The van der Waals surface area contributed by atoms with Gasteiger partial charge >= 0.3 is 6.18 Å². The topological polar surface area (TPSA) is 105 Å². The Hall–Kier alpha value is -3.21. The van der Waals surface area contributed by atoms with Gasteiger partial charge in [0, 0.05) is 42.2 Å². The smallest absolute Gasteiger partial charge is 0.422 e. The summed E-state index contributed by atoms with van der Waals surface area (Å²) in [5.74, 6) is -0.918. The molecule has 0 aliphatic carbocycles. The number of aromatic nitrogens is 2. The Labute approximate surface area is 182 Å². The Bertz CT molecular complexity index is 1030. The highest BCUT2D eigenvalue weighted by Crippen LogP contribution is 2.33. The predicted octanol–water partition coefficient (Wildman–Crippen LogP) is 2.55. The van der Waals surface area contributed by atoms with E-state index >= 15 is 0 Å². The summed E-state index contributed by atoms with van der Waals surface area (Å²) in [5.41, 5.74) is 1.95. The third kappa shape index (κ3) is 5.16. The molecule has 32 heavy (non-hydrogen) atoms. The van der Waals surface area contributed by atoms with E-state index in [0.29, 0.717) is 22.3 Å². The first-order chi connectivity index (χ1) is 15.0. The monoisotopic (exact) mass is 452 g/mol. The van der Waals surface area contributed by atoms with Crippen LogP contribution in [-0.2, 0) is 6.54 Å². The highest BCUT2D eigenvalue weighted by Gasteiger charge is 2.35. The zero-order chi connectivity index (χ0) is 23.6. The normalized spacial score (nSPS) is 15.3. The molecule has 0 saturated carbocycles. The van der Waals surface area contributed by atoms with Crippen LogP contribution in [0.2, 0.25) is 0 Å². The number of halogens is 3. The summed E-state index contributed by atoms with van der Waals surface area (Å²) in [7, 11) is 0. The highest BCUT2D eigenvalue weighted by molar-refractivity contribution is 6.03. The second-order valence-electron chi connectivity index (χ2n) is 7.65. The number of aliphatic hydroxyl groups excluding tert-OH is 1. The van der Waals surface area contributed by atoms with Crippen molar-refractivity contribution in [1.82, 2.24) is 20.2 Å². The minimum Gasteiger partial charge on any atom is -0.468 e. The van der Waals surface area contributed by atoms with E-state index in [1.807, 2.05) is 0 Å². The number of nitrogens with zero attached hydrogens (tertiary/aromatic N) is 3. The van der Waals surface area contributed by atoms with Gasteiger partial charge in [0.25, 0.3) is 11.8 Å². The number of hydrogen-bond donors (Lipinski definition) is 2. The number of aliphatic hydroxyl groups is 1. The van der Waals surface area contributed by atoms with Crippen LogP contribution >= 0.6 is 0 Å². The third-order valence-corrected chi connectivity index (χ3v) is 5.02. The van der Waals surface area contributed by atoms with Crippen LogP contribution in [-0.4, -0.2) is 57.2 Å². The van der Waals surface area contributed by atoms with Gasteiger partial charge in [-0.1, -0.05) is 0 Å². The number of nitrogens with one attached hydrogen (secondary N) is 1. The molecule has 2 N–H and O–H groups in total. The summed E-state index contributed by atoms with van der Waals surface area (Å²) in [4.78, 5) is 35.0. The van der Waals surface area contributed by atoms with Gasteiger partial charge in [-0.3, -0.25) is 14.6 Å². The molecule has 8 nitrogen and oxygen atoms in total. The van der Waals surface area contributed by atoms with Crippen molar-refractivity contribution in [2.45, 2.75) is 45.6 Å². The molecule has 2 atom stereocenters. The van der Waals surface area contributed by atoms with Crippen LogP contribution in [0.25, 0.3) is 0 Å². The van der Waals surface area contributed by atoms with Crippen LogP contribution in [0.3, 0.4) is 0 Å². The van der Waals surface area contributed by atoms with Crippen molar-refractivity contribution >= 4 is 11.8 Å². The minimum absolute atomic E-state index is 0.0476. The van der Waals surface area contributed by atoms with E-state index in [1.165, 1.54) is 30.3 Å². The number of amides is 2. The molecule has 1 unspecified atom stereocenters. The summed E-state index contributed by atoms with van der Waals surface area (Å²) in [6, 6.07) is 2.69. The van der Waals surface area contributed by atoms with Crippen molar-refractivity contribution in [3.8, 4) is 5.88 Å². The van der Waals surface area contributed by atoms with Gasteiger partial charge < -0.3 is 20.1 Å². The summed E-state index contributed by atoms with van der Waals surface area (Å²) in [6.07, 6.45) is -2.46. The maximum absolute atomic E-state index is 13.0. The number of carbonyl (C=O) groups excluding carboxylic acids is 2. The number of carbonyl (C=O) groups is 2. The molecule has 3 rings (SSSR count). The summed E-state index contributed by atoms with van der Waals surface area (Å²) in [6.45, 7) is 3.60. The van der Waals surface area contributed by atoms with E-state index in [9.17, 15) is 27.9 Å². The van der Waals surface area contributed by atoms with E-state index < -0.39 is 30.8 Å². The second kappa shape index (κ2) is 9.11. The van der Waals surface area contributed by atoms with Crippen LogP contribution < -0.4 is 10.1 Å². The van der Waals surface area contributed by atoms with Gasteiger partial charge in [0.1, 0.15) is 5.69 Å². The summed E-state index contributed by atoms with van der Waals surface area (Å²) in [5, 5.41) is 11.9. The van der Waals surface area contributed by atoms with E-state index in [4.69, 9.17) is 4.74 Å². The average molecular weight is 452 g/mol. The summed E-state index contributed by atoms with van der Waals surface area (Å²) >= 11 is 0. The zero-order valence-corrected chi connectivity index (χ0v) is 17.7. The molecule has 0 radical (unpaired) electrons. The fourth-order valence-corrected chi connectivity index (χ4v) is 3.38. The Balaban J connectivity index is 1.79. The number of pyridine rings is 2. The minimum atomic E-state index is -4.47. The van der Waals surface area contributed by atoms with Crippen molar-refractivity contribution in [1.29, 1.82) is 0 Å². The molecule has 2 amide bonds. The lowest BCUT2D eigenvalue weighted by Crippen LogP contribution is -2.32. The van der Waals surface area contributed by atoms with E-state index in [1.54, 1.807) is 19.9 Å². The van der Waals surface area contributed by atoms with Gasteiger partial charge in [-0.05, 0) is 38.5 Å². The number of alkyl halides is 3. The van der Waals surface area contributed by atoms with Crippen LogP contribution in [0.5, 0.6) is 5.88 Å². The molecule has 2 aromatic heterocycles. The second-order valence-corrected chi connectivity index (χ2v) is 7.65. The Morgan fingerprint density at radius 2 is 2.06 bits per heavy atom. The first kappa shape index (κ1) is 23.5. The molecule has 2 aromatic rings. The fourth-order valence-electron chi connectivity index (χ4n) is 3.38. The van der Waals surface area contributed by atoms with Crippen LogP contribution in [0.4, 0.5) is 13.2 Å². The number of fused-ring (bicyclic) bond motifs is 1. The molecular formula is C21H23F3N4O4. The van der Waals surface area contributed by atoms with E-state index in [0.717, 1.165) is 0 Å². The number of rotatable bonds is 7. The lowest BCUT2D eigenvalue weighted by molar-refractivity contribution is -0.154. The van der Waals surface area contributed by atoms with Crippen molar-refractivity contribution in [3.63, 3.8) is 0 Å². The van der Waals surface area contributed by atoms with Gasteiger partial charge in [0.15, 0.2) is 6.61 Å². The number of hydrogen-bond acceptors (Lipinski definition) is 6. The SMILES string of the molecule is Cc1cc(C(C)N2Cc3c(ccnc3C(=O)NC[C@H](C)O)C2=O)cnc1OCC(F)(F)F. The zero-order valence-electron chi connectivity index (χ0n) is 17.7. The van der Waals surface area contributed by atoms with Crippen molar-refractivity contribution in [3.05, 3.63) is 52.5 Å². The highest BCUT2D eigenvalue weighted by atomic mass is 19.4. The fraction of sp³-hybridized carbons (Fsp3) is 0.429. The van der Waals surface area contributed by atoms with Crippen molar-refractivity contribution in [2.75, 3.05) is 13.2 Å². The molecule has 0 fully saturated rings. The van der Waals surface area contributed by atoms with Crippen molar-refractivity contribution in [2.24, 2.45) is 0 Å². The Kier molecular flexibility index (Phi) is 6.68. The largest absolute Gasteiger partial charge is 0.468 e. The molecule has 11 heteroatoms. The van der Waals surface area contributed by atoms with Crippen LogP contribution in [0.1, 0.15) is 57.4 Å². The quantitative estimate of drug-likeness (QED) is 0.669.